The van der Waals surface area contributed by atoms with Gasteiger partial charge in [0.1, 0.15) is 5.82 Å². The standard InChI is InChI=1S/C14H18N2OS/c1-11(17)12-5-7-15-14(10-12)16(2)8-6-13-4-3-9-18-13/h3-5,7,9-11,17H,6,8H2,1-2H3/t11-/m1/s1. The van der Waals surface area contributed by atoms with Crippen LogP contribution in [0.2, 0.25) is 0 Å². The number of hydrogen-bond donors (Lipinski definition) is 1. The SMILES string of the molecule is C[C@@H](O)c1ccnc(N(C)CCc2cccs2)c1. The van der Waals surface area contributed by atoms with E-state index in [2.05, 4.69) is 27.4 Å². The van der Waals surface area contributed by atoms with Gasteiger partial charge in [-0.15, -0.1) is 11.3 Å². The largest absolute Gasteiger partial charge is 0.389 e. The van der Waals surface area contributed by atoms with E-state index >= 15 is 0 Å². The van der Waals surface area contributed by atoms with Crippen LogP contribution in [0, 0.1) is 0 Å². The molecule has 0 aromatic carbocycles. The van der Waals surface area contributed by atoms with Crippen molar-refractivity contribution in [1.29, 1.82) is 0 Å². The number of pyridine rings is 1. The number of aliphatic hydroxyl groups excluding tert-OH is 1. The number of thiophene rings is 1. The van der Waals surface area contributed by atoms with Gasteiger partial charge in [-0.1, -0.05) is 6.07 Å². The van der Waals surface area contributed by atoms with Gasteiger partial charge in [-0.25, -0.2) is 4.98 Å². The maximum Gasteiger partial charge on any atom is 0.128 e. The molecule has 0 saturated carbocycles. The Balaban J connectivity index is 1.99. The molecular formula is C14H18N2OS. The van der Waals surface area contributed by atoms with Crippen LogP contribution in [0.4, 0.5) is 5.82 Å². The van der Waals surface area contributed by atoms with Gasteiger partial charge in [0.25, 0.3) is 0 Å². The molecule has 4 heteroatoms. The third-order valence-corrected chi connectivity index (χ3v) is 3.85. The summed E-state index contributed by atoms with van der Waals surface area (Å²) in [5.41, 5.74) is 0.906. The number of nitrogens with zero attached hydrogens (tertiary/aromatic N) is 2. The summed E-state index contributed by atoms with van der Waals surface area (Å²) in [5, 5.41) is 11.7. The van der Waals surface area contributed by atoms with Crippen molar-refractivity contribution in [1.82, 2.24) is 4.98 Å². The Bertz CT molecular complexity index is 482. The van der Waals surface area contributed by atoms with Crippen LogP contribution >= 0.6 is 11.3 Å². The number of rotatable bonds is 5. The second-order valence-corrected chi connectivity index (χ2v) is 5.41. The highest BCUT2D eigenvalue weighted by Gasteiger charge is 2.06. The lowest BCUT2D eigenvalue weighted by atomic mass is 10.1. The first-order valence-corrected chi connectivity index (χ1v) is 6.92. The highest BCUT2D eigenvalue weighted by atomic mass is 32.1. The summed E-state index contributed by atoms with van der Waals surface area (Å²) >= 11 is 1.78. The topological polar surface area (TPSA) is 36.4 Å². The molecule has 2 aromatic rings. The van der Waals surface area contributed by atoms with E-state index in [-0.39, 0.29) is 0 Å². The molecule has 2 rings (SSSR count). The van der Waals surface area contributed by atoms with E-state index in [0.29, 0.717) is 0 Å². The van der Waals surface area contributed by atoms with Crippen LogP contribution in [-0.4, -0.2) is 23.7 Å². The van der Waals surface area contributed by atoms with Crippen molar-refractivity contribution in [2.45, 2.75) is 19.4 Å². The molecule has 0 unspecified atom stereocenters. The molecule has 0 bridgehead atoms. The zero-order valence-electron chi connectivity index (χ0n) is 10.7. The second kappa shape index (κ2) is 5.98. The van der Waals surface area contributed by atoms with Crippen molar-refractivity contribution in [3.63, 3.8) is 0 Å². The Labute approximate surface area is 112 Å². The molecule has 3 nitrogen and oxygen atoms in total. The van der Waals surface area contributed by atoms with Crippen LogP contribution in [0.1, 0.15) is 23.5 Å². The first-order chi connectivity index (χ1) is 8.66. The van der Waals surface area contributed by atoms with Gasteiger partial charge in [-0.3, -0.25) is 0 Å². The van der Waals surface area contributed by atoms with Gasteiger partial charge in [0.2, 0.25) is 0 Å². The Kier molecular flexibility index (Phi) is 4.33. The molecular weight excluding hydrogens is 244 g/mol. The molecule has 0 saturated heterocycles. The van der Waals surface area contributed by atoms with Gasteiger partial charge in [0.15, 0.2) is 0 Å². The summed E-state index contributed by atoms with van der Waals surface area (Å²) in [6, 6.07) is 8.02. The molecule has 0 aliphatic carbocycles. The van der Waals surface area contributed by atoms with E-state index in [1.54, 1.807) is 24.5 Å². The molecule has 0 fully saturated rings. The number of likely N-dealkylation sites (N-methyl/N-ethyl adjacent to an activating group) is 1. The van der Waals surface area contributed by atoms with E-state index in [9.17, 15) is 5.11 Å². The fraction of sp³-hybridized carbons (Fsp3) is 0.357. The summed E-state index contributed by atoms with van der Waals surface area (Å²) in [7, 11) is 2.03. The van der Waals surface area contributed by atoms with Crippen LogP contribution in [0.15, 0.2) is 35.8 Å². The highest BCUT2D eigenvalue weighted by molar-refractivity contribution is 7.09. The summed E-state index contributed by atoms with van der Waals surface area (Å²) < 4.78 is 0. The van der Waals surface area contributed by atoms with Crippen LogP contribution < -0.4 is 4.90 Å². The van der Waals surface area contributed by atoms with Gasteiger partial charge in [-0.2, -0.15) is 0 Å². The smallest absolute Gasteiger partial charge is 0.128 e. The predicted molar refractivity (Wildman–Crippen MR) is 76.2 cm³/mol. The van der Waals surface area contributed by atoms with Gasteiger partial charge in [0.05, 0.1) is 6.10 Å². The summed E-state index contributed by atoms with van der Waals surface area (Å²) in [6.07, 6.45) is 2.32. The summed E-state index contributed by atoms with van der Waals surface area (Å²) in [5.74, 6) is 0.907. The van der Waals surface area contributed by atoms with E-state index in [0.717, 1.165) is 24.3 Å². The first kappa shape index (κ1) is 13.1. The van der Waals surface area contributed by atoms with Gasteiger partial charge < -0.3 is 10.0 Å². The average Bonchev–Trinajstić information content (AvgIpc) is 2.89. The minimum absolute atomic E-state index is 0.447. The number of hydrogen-bond acceptors (Lipinski definition) is 4. The van der Waals surface area contributed by atoms with Crippen LogP contribution in [0.5, 0.6) is 0 Å². The lowest BCUT2D eigenvalue weighted by molar-refractivity contribution is 0.199. The minimum Gasteiger partial charge on any atom is -0.389 e. The van der Waals surface area contributed by atoms with Gasteiger partial charge in [-0.05, 0) is 42.5 Å². The zero-order chi connectivity index (χ0) is 13.0. The Morgan fingerprint density at radius 1 is 1.44 bits per heavy atom. The zero-order valence-corrected chi connectivity index (χ0v) is 11.5. The molecule has 0 spiro atoms. The fourth-order valence-corrected chi connectivity index (χ4v) is 2.45. The van der Waals surface area contributed by atoms with E-state index < -0.39 is 6.10 Å². The molecule has 18 heavy (non-hydrogen) atoms. The van der Waals surface area contributed by atoms with E-state index in [4.69, 9.17) is 0 Å². The molecule has 2 aromatic heterocycles. The molecule has 96 valence electrons. The Hall–Kier alpha value is -1.39. The van der Waals surface area contributed by atoms with Crippen molar-refractivity contribution in [3.05, 3.63) is 46.3 Å². The number of anilines is 1. The van der Waals surface area contributed by atoms with Crippen LogP contribution in [0.25, 0.3) is 0 Å². The van der Waals surface area contributed by atoms with Crippen molar-refractivity contribution in [2.75, 3.05) is 18.5 Å². The van der Waals surface area contributed by atoms with Crippen molar-refractivity contribution in [2.24, 2.45) is 0 Å². The van der Waals surface area contributed by atoms with Crippen molar-refractivity contribution >= 4 is 17.2 Å². The molecule has 2 heterocycles. The third-order valence-electron chi connectivity index (χ3n) is 2.92. The molecule has 0 radical (unpaired) electrons. The van der Waals surface area contributed by atoms with Gasteiger partial charge >= 0.3 is 0 Å². The number of aromatic nitrogens is 1. The molecule has 0 amide bonds. The quantitative estimate of drug-likeness (QED) is 0.900. The Morgan fingerprint density at radius 2 is 2.28 bits per heavy atom. The lowest BCUT2D eigenvalue weighted by Crippen LogP contribution is -2.21. The fourth-order valence-electron chi connectivity index (χ4n) is 1.75. The van der Waals surface area contributed by atoms with Crippen LogP contribution in [0.3, 0.4) is 0 Å². The summed E-state index contributed by atoms with van der Waals surface area (Å²) in [6.45, 7) is 2.70. The van der Waals surface area contributed by atoms with E-state index in [1.807, 2.05) is 19.2 Å². The first-order valence-electron chi connectivity index (χ1n) is 6.04. The van der Waals surface area contributed by atoms with E-state index in [1.165, 1.54) is 4.88 Å². The molecule has 1 atom stereocenters. The summed E-state index contributed by atoms with van der Waals surface area (Å²) in [4.78, 5) is 7.84. The van der Waals surface area contributed by atoms with Gasteiger partial charge in [0, 0.05) is 24.7 Å². The Morgan fingerprint density at radius 3 is 2.94 bits per heavy atom. The molecule has 0 aliphatic heterocycles. The average molecular weight is 262 g/mol. The minimum atomic E-state index is -0.447. The molecule has 0 aliphatic rings. The number of aliphatic hydroxyl groups is 1. The maximum atomic E-state index is 9.57. The second-order valence-electron chi connectivity index (χ2n) is 4.37. The highest BCUT2D eigenvalue weighted by Crippen LogP contribution is 2.18. The van der Waals surface area contributed by atoms with Crippen molar-refractivity contribution in [3.8, 4) is 0 Å². The molecule has 1 N–H and O–H groups in total. The van der Waals surface area contributed by atoms with Crippen molar-refractivity contribution < 1.29 is 5.11 Å². The lowest BCUT2D eigenvalue weighted by Gasteiger charge is -2.18. The monoisotopic (exact) mass is 262 g/mol. The predicted octanol–water partition coefficient (Wildman–Crippen LogP) is 2.88. The van der Waals surface area contributed by atoms with Crippen LogP contribution in [-0.2, 0) is 6.42 Å². The maximum absolute atomic E-state index is 9.57. The normalized spacial score (nSPS) is 12.4. The third kappa shape index (κ3) is 3.31.